The third-order valence-corrected chi connectivity index (χ3v) is 7.13. The second-order valence-electron chi connectivity index (χ2n) is 9.46. The summed E-state index contributed by atoms with van der Waals surface area (Å²) < 4.78 is 11.5. The number of carbonyl (C=O) groups excluding carboxylic acids is 1. The highest BCUT2D eigenvalue weighted by molar-refractivity contribution is 5.89. The standard InChI is InChI=1S/C17H27NO4.C4H4O4/c1-16-5-4-14(19)17(9-21-17)13(16)6-10-11(8-18(2)3)15(20)22-12(10)7-16;5-3(6)1-2-4(7)8/h10-14,19H,4-9H2,1-3H3;1-2H,(H,5,6)(H,7,8)/b;2-1+/t10-,11+,12-,13-,14-,16-,17+;/m1./s1. The van der Waals surface area contributed by atoms with Crippen molar-refractivity contribution in [2.75, 3.05) is 27.2 Å². The molecule has 0 bridgehead atoms. The zero-order valence-electron chi connectivity index (χ0n) is 17.6. The van der Waals surface area contributed by atoms with E-state index < -0.39 is 11.9 Å². The highest BCUT2D eigenvalue weighted by Crippen LogP contribution is 2.62. The third-order valence-electron chi connectivity index (χ3n) is 7.13. The van der Waals surface area contributed by atoms with Crippen LogP contribution in [-0.4, -0.2) is 83.2 Å². The number of esters is 1. The van der Waals surface area contributed by atoms with Gasteiger partial charge in [0, 0.05) is 24.6 Å². The first-order valence-corrected chi connectivity index (χ1v) is 10.3. The van der Waals surface area contributed by atoms with Gasteiger partial charge in [-0.1, -0.05) is 6.92 Å². The first kappa shape index (κ1) is 22.7. The maximum absolute atomic E-state index is 12.3. The van der Waals surface area contributed by atoms with Crippen molar-refractivity contribution in [2.24, 2.45) is 23.2 Å². The second-order valence-corrected chi connectivity index (χ2v) is 9.46. The number of nitrogens with zero attached hydrogens (tertiary/aromatic N) is 1. The van der Waals surface area contributed by atoms with E-state index in [1.165, 1.54) is 0 Å². The van der Waals surface area contributed by atoms with E-state index in [-0.39, 0.29) is 41.0 Å². The van der Waals surface area contributed by atoms with Gasteiger partial charge in [-0.2, -0.15) is 0 Å². The van der Waals surface area contributed by atoms with E-state index in [1.54, 1.807) is 0 Å². The van der Waals surface area contributed by atoms with Crippen molar-refractivity contribution in [3.8, 4) is 0 Å². The van der Waals surface area contributed by atoms with Gasteiger partial charge in [0.2, 0.25) is 0 Å². The van der Waals surface area contributed by atoms with Gasteiger partial charge < -0.3 is 29.7 Å². The first-order valence-electron chi connectivity index (χ1n) is 10.3. The molecule has 4 rings (SSSR count). The Labute approximate surface area is 175 Å². The van der Waals surface area contributed by atoms with Crippen LogP contribution in [0.4, 0.5) is 0 Å². The number of carbonyl (C=O) groups is 3. The number of aliphatic hydroxyl groups is 1. The lowest BCUT2D eigenvalue weighted by atomic mass is 9.52. The minimum absolute atomic E-state index is 0.0283. The largest absolute Gasteiger partial charge is 0.478 e. The second kappa shape index (κ2) is 8.28. The number of hydrogen-bond donors (Lipinski definition) is 3. The number of carboxylic acids is 2. The minimum Gasteiger partial charge on any atom is -0.478 e. The topological polar surface area (TPSA) is 137 Å². The van der Waals surface area contributed by atoms with Gasteiger partial charge in [0.15, 0.2) is 0 Å². The summed E-state index contributed by atoms with van der Waals surface area (Å²) in [6, 6.07) is 0. The lowest BCUT2D eigenvalue weighted by Crippen LogP contribution is -2.56. The molecule has 9 nitrogen and oxygen atoms in total. The molecule has 2 aliphatic heterocycles. The van der Waals surface area contributed by atoms with Crippen LogP contribution in [0.2, 0.25) is 0 Å². The van der Waals surface area contributed by atoms with Crippen LogP contribution in [-0.2, 0) is 23.9 Å². The third kappa shape index (κ3) is 4.38. The van der Waals surface area contributed by atoms with Crippen LogP contribution >= 0.6 is 0 Å². The summed E-state index contributed by atoms with van der Waals surface area (Å²) in [5, 5.41) is 26.0. The molecule has 0 amide bonds. The van der Waals surface area contributed by atoms with E-state index in [1.807, 2.05) is 14.1 Å². The van der Waals surface area contributed by atoms with Crippen LogP contribution in [0.1, 0.15) is 32.6 Å². The van der Waals surface area contributed by atoms with Crippen molar-refractivity contribution in [1.82, 2.24) is 4.90 Å². The van der Waals surface area contributed by atoms with Crippen LogP contribution in [0.15, 0.2) is 12.2 Å². The van der Waals surface area contributed by atoms with Gasteiger partial charge in [-0.3, -0.25) is 4.79 Å². The Hall–Kier alpha value is -1.97. The predicted octanol–water partition coefficient (Wildman–Crippen LogP) is 0.758. The predicted molar refractivity (Wildman–Crippen MR) is 105 cm³/mol. The SMILES string of the molecule is CN(C)C[C@@H]1C(=O)O[C@@H]2C[C@@]3(C)CC[C@@H](O)[C@]4(CO4)[C@@H]3C[C@H]12.O=C(O)/C=C/C(=O)O. The molecular weight excluding hydrogens is 394 g/mol. The maximum Gasteiger partial charge on any atom is 0.328 e. The molecular formula is C21H31NO8. The molecule has 1 spiro atoms. The molecule has 2 heterocycles. The Morgan fingerprint density at radius 1 is 1.23 bits per heavy atom. The zero-order chi connectivity index (χ0) is 22.3. The Kier molecular flexibility index (Phi) is 6.27. The summed E-state index contributed by atoms with van der Waals surface area (Å²) >= 11 is 0. The quantitative estimate of drug-likeness (QED) is 0.339. The molecule has 3 N–H and O–H groups in total. The van der Waals surface area contributed by atoms with Gasteiger partial charge in [0.05, 0.1) is 18.6 Å². The molecule has 30 heavy (non-hydrogen) atoms. The number of aliphatic hydroxyl groups excluding tert-OH is 1. The van der Waals surface area contributed by atoms with Crippen LogP contribution in [0.25, 0.3) is 0 Å². The number of ether oxygens (including phenoxy) is 2. The summed E-state index contributed by atoms with van der Waals surface area (Å²) in [6.07, 6.45) is 4.52. The van der Waals surface area contributed by atoms with Crippen LogP contribution < -0.4 is 0 Å². The van der Waals surface area contributed by atoms with Gasteiger partial charge in [-0.25, -0.2) is 9.59 Å². The monoisotopic (exact) mass is 425 g/mol. The van der Waals surface area contributed by atoms with Crippen molar-refractivity contribution in [3.05, 3.63) is 12.2 Å². The molecule has 2 aliphatic carbocycles. The van der Waals surface area contributed by atoms with Gasteiger partial charge in [0.1, 0.15) is 11.7 Å². The molecule has 7 atom stereocenters. The summed E-state index contributed by atoms with van der Waals surface area (Å²) in [4.78, 5) is 33.5. The van der Waals surface area contributed by atoms with E-state index in [9.17, 15) is 19.5 Å². The summed E-state index contributed by atoms with van der Waals surface area (Å²) in [7, 11) is 4.01. The van der Waals surface area contributed by atoms with Crippen LogP contribution in [0, 0.1) is 23.2 Å². The first-order chi connectivity index (χ1) is 14.0. The highest BCUT2D eigenvalue weighted by atomic mass is 16.6. The average molecular weight is 425 g/mol. The Morgan fingerprint density at radius 3 is 2.33 bits per heavy atom. The van der Waals surface area contributed by atoms with Crippen LogP contribution in [0.3, 0.4) is 0 Å². The molecule has 0 aromatic rings. The van der Waals surface area contributed by atoms with Gasteiger partial charge in [-0.05, 0) is 51.1 Å². The number of epoxide rings is 1. The van der Waals surface area contributed by atoms with E-state index in [0.29, 0.717) is 24.7 Å². The van der Waals surface area contributed by atoms with Crippen molar-refractivity contribution in [3.63, 3.8) is 0 Å². The molecule has 4 aliphatic rings. The molecule has 0 radical (unpaired) electrons. The summed E-state index contributed by atoms with van der Waals surface area (Å²) in [5.41, 5.74) is -0.198. The Morgan fingerprint density at radius 2 is 1.83 bits per heavy atom. The number of aliphatic carboxylic acids is 2. The normalized spacial score (nSPS) is 41.6. The number of rotatable bonds is 4. The van der Waals surface area contributed by atoms with Crippen molar-refractivity contribution in [2.45, 2.75) is 50.4 Å². The fraction of sp³-hybridized carbons (Fsp3) is 0.762. The summed E-state index contributed by atoms with van der Waals surface area (Å²) in [6.45, 7) is 3.73. The van der Waals surface area contributed by atoms with Gasteiger partial charge in [0.25, 0.3) is 0 Å². The molecule has 0 aromatic heterocycles. The average Bonchev–Trinajstić information content (AvgIpc) is 3.38. The van der Waals surface area contributed by atoms with Crippen molar-refractivity contribution >= 4 is 17.9 Å². The number of hydrogen-bond acceptors (Lipinski definition) is 7. The molecule has 0 unspecified atom stereocenters. The minimum atomic E-state index is -1.26. The van der Waals surface area contributed by atoms with Crippen molar-refractivity contribution < 1.29 is 39.2 Å². The smallest absolute Gasteiger partial charge is 0.328 e. The van der Waals surface area contributed by atoms with Crippen molar-refractivity contribution in [1.29, 1.82) is 0 Å². The van der Waals surface area contributed by atoms with Gasteiger partial charge in [-0.15, -0.1) is 0 Å². The fourth-order valence-electron chi connectivity index (χ4n) is 5.66. The van der Waals surface area contributed by atoms with E-state index in [4.69, 9.17) is 19.7 Å². The fourth-order valence-corrected chi connectivity index (χ4v) is 5.66. The molecule has 168 valence electrons. The van der Waals surface area contributed by atoms with E-state index >= 15 is 0 Å². The maximum atomic E-state index is 12.3. The van der Waals surface area contributed by atoms with Gasteiger partial charge >= 0.3 is 17.9 Å². The Bertz CT molecular complexity index is 715. The molecule has 2 saturated heterocycles. The molecule has 9 heteroatoms. The van der Waals surface area contributed by atoms with E-state index in [2.05, 4.69) is 11.8 Å². The lowest BCUT2D eigenvalue weighted by Gasteiger charge is -2.53. The Balaban J connectivity index is 0.000000275. The zero-order valence-corrected chi connectivity index (χ0v) is 17.6. The number of fused-ring (bicyclic) bond motifs is 3. The van der Waals surface area contributed by atoms with Crippen LogP contribution in [0.5, 0.6) is 0 Å². The van der Waals surface area contributed by atoms with E-state index in [0.717, 1.165) is 32.2 Å². The summed E-state index contributed by atoms with van der Waals surface area (Å²) in [5.74, 6) is -1.94. The number of carboxylic acid groups (broad SMARTS) is 2. The molecule has 0 aromatic carbocycles. The highest BCUT2D eigenvalue weighted by Gasteiger charge is 2.68. The molecule has 2 saturated carbocycles. The molecule has 4 fully saturated rings. The lowest BCUT2D eigenvalue weighted by molar-refractivity contribution is -0.149.